The molecule has 2 rings (SSSR count). The van der Waals surface area contributed by atoms with Gasteiger partial charge in [-0.1, -0.05) is 45.7 Å². The van der Waals surface area contributed by atoms with Crippen LogP contribution in [-0.2, 0) is 0 Å². The zero-order valence-electron chi connectivity index (χ0n) is 8.63. The number of alkyl halides is 1. The highest BCUT2D eigenvalue weighted by Gasteiger charge is 2.12. The molecule has 0 aromatic heterocycles. The van der Waals surface area contributed by atoms with Gasteiger partial charge in [0.25, 0.3) is 0 Å². The molecule has 0 aliphatic rings. The molecule has 0 saturated carbocycles. The van der Waals surface area contributed by atoms with Crippen LogP contribution >= 0.6 is 43.5 Å². The summed E-state index contributed by atoms with van der Waals surface area (Å²) in [7, 11) is 0. The van der Waals surface area contributed by atoms with E-state index in [-0.39, 0.29) is 10.6 Å². The lowest BCUT2D eigenvalue weighted by atomic mass is 10.1. The first kappa shape index (κ1) is 13.1. The Morgan fingerprint density at radius 3 is 2.41 bits per heavy atom. The summed E-state index contributed by atoms with van der Waals surface area (Å²) in [6.45, 7) is 0. The fourth-order valence-electron chi connectivity index (χ4n) is 1.53. The molecule has 0 nitrogen and oxygen atoms in total. The fourth-order valence-corrected chi connectivity index (χ4v) is 2.69. The van der Waals surface area contributed by atoms with Crippen LogP contribution in [0.4, 0.5) is 4.39 Å². The number of hydrogen-bond donors (Lipinski definition) is 0. The van der Waals surface area contributed by atoms with E-state index in [1.54, 1.807) is 12.1 Å². The molecule has 0 heterocycles. The molecule has 0 spiro atoms. The Morgan fingerprint density at radius 1 is 1.06 bits per heavy atom. The minimum atomic E-state index is -0.264. The number of rotatable bonds is 2. The molecular formula is C13H8Br2ClF. The van der Waals surface area contributed by atoms with E-state index in [0.29, 0.717) is 9.50 Å². The maximum atomic E-state index is 13.1. The monoisotopic (exact) mass is 376 g/mol. The zero-order chi connectivity index (χ0) is 12.4. The highest BCUT2D eigenvalue weighted by Crippen LogP contribution is 2.33. The molecule has 88 valence electrons. The molecule has 0 saturated heterocycles. The Hall–Kier alpha value is -0.380. The zero-order valence-corrected chi connectivity index (χ0v) is 12.6. The Morgan fingerprint density at radius 2 is 1.76 bits per heavy atom. The van der Waals surface area contributed by atoms with E-state index in [9.17, 15) is 4.39 Å². The SMILES string of the molecule is Fc1ccc(C(Br)c2cccc(Cl)c2)cc1Br. The molecule has 17 heavy (non-hydrogen) atoms. The third-order valence-electron chi connectivity index (χ3n) is 2.38. The standard InChI is InChI=1S/C13H8Br2ClF/c14-11-7-9(4-5-12(11)17)13(15)8-2-1-3-10(16)6-8/h1-7,13H. The van der Waals surface area contributed by atoms with E-state index >= 15 is 0 Å². The summed E-state index contributed by atoms with van der Waals surface area (Å²) in [4.78, 5) is -0.00176. The first-order valence-corrected chi connectivity index (χ1v) is 7.01. The summed E-state index contributed by atoms with van der Waals surface area (Å²) >= 11 is 12.7. The van der Waals surface area contributed by atoms with Gasteiger partial charge in [-0.2, -0.15) is 0 Å². The molecule has 0 radical (unpaired) electrons. The molecule has 0 N–H and O–H groups in total. The topological polar surface area (TPSA) is 0 Å². The first-order valence-electron chi connectivity index (χ1n) is 4.92. The largest absolute Gasteiger partial charge is 0.206 e. The fraction of sp³-hybridized carbons (Fsp3) is 0.0769. The van der Waals surface area contributed by atoms with Gasteiger partial charge in [0.15, 0.2) is 0 Å². The normalized spacial score (nSPS) is 12.5. The van der Waals surface area contributed by atoms with E-state index in [2.05, 4.69) is 31.9 Å². The second-order valence-electron chi connectivity index (χ2n) is 3.59. The van der Waals surface area contributed by atoms with Gasteiger partial charge in [0.05, 0.1) is 9.30 Å². The van der Waals surface area contributed by atoms with Gasteiger partial charge < -0.3 is 0 Å². The van der Waals surface area contributed by atoms with Crippen LogP contribution in [-0.4, -0.2) is 0 Å². The van der Waals surface area contributed by atoms with Crippen LogP contribution in [0.3, 0.4) is 0 Å². The van der Waals surface area contributed by atoms with Gasteiger partial charge in [-0.3, -0.25) is 0 Å². The highest BCUT2D eigenvalue weighted by atomic mass is 79.9. The van der Waals surface area contributed by atoms with E-state index in [4.69, 9.17) is 11.6 Å². The average Bonchev–Trinajstić information content (AvgIpc) is 2.32. The summed E-state index contributed by atoms with van der Waals surface area (Å²) in [6, 6.07) is 12.5. The molecule has 0 bridgehead atoms. The molecule has 0 fully saturated rings. The van der Waals surface area contributed by atoms with E-state index in [0.717, 1.165) is 11.1 Å². The Kier molecular flexibility index (Phi) is 4.23. The third-order valence-corrected chi connectivity index (χ3v) is 4.28. The summed E-state index contributed by atoms with van der Waals surface area (Å²) in [5, 5.41) is 0.688. The van der Waals surface area contributed by atoms with Crippen molar-refractivity contribution in [2.75, 3.05) is 0 Å². The molecular weight excluding hydrogens is 370 g/mol. The van der Waals surface area contributed by atoms with Crippen LogP contribution in [0.2, 0.25) is 5.02 Å². The molecule has 0 aliphatic heterocycles. The predicted octanol–water partition coefficient (Wildman–Crippen LogP) is 5.73. The Bertz CT molecular complexity index is 543. The van der Waals surface area contributed by atoms with Crippen molar-refractivity contribution in [2.45, 2.75) is 4.83 Å². The van der Waals surface area contributed by atoms with E-state index in [1.807, 2.05) is 24.3 Å². The van der Waals surface area contributed by atoms with Crippen molar-refractivity contribution in [3.8, 4) is 0 Å². The lowest BCUT2D eigenvalue weighted by molar-refractivity contribution is 0.620. The second-order valence-corrected chi connectivity index (χ2v) is 5.80. The van der Waals surface area contributed by atoms with Crippen molar-refractivity contribution < 1.29 is 4.39 Å². The highest BCUT2D eigenvalue weighted by molar-refractivity contribution is 9.10. The predicted molar refractivity (Wildman–Crippen MR) is 76.3 cm³/mol. The second kappa shape index (κ2) is 5.51. The van der Waals surface area contributed by atoms with Crippen LogP contribution < -0.4 is 0 Å². The molecule has 2 aromatic rings. The van der Waals surface area contributed by atoms with Gasteiger partial charge in [-0.25, -0.2) is 4.39 Å². The molecule has 2 aromatic carbocycles. The van der Waals surface area contributed by atoms with Gasteiger partial charge in [0.2, 0.25) is 0 Å². The van der Waals surface area contributed by atoms with Gasteiger partial charge in [-0.05, 0) is 51.3 Å². The van der Waals surface area contributed by atoms with Gasteiger partial charge in [0.1, 0.15) is 5.82 Å². The first-order chi connectivity index (χ1) is 8.08. The van der Waals surface area contributed by atoms with Crippen molar-refractivity contribution in [3.05, 3.63) is 68.9 Å². The third kappa shape index (κ3) is 3.09. The van der Waals surface area contributed by atoms with Crippen LogP contribution in [0, 0.1) is 5.82 Å². The summed E-state index contributed by atoms with van der Waals surface area (Å²) in [6.07, 6.45) is 0. The molecule has 0 aliphatic carbocycles. The molecule has 1 unspecified atom stereocenters. The Balaban J connectivity index is 2.36. The van der Waals surface area contributed by atoms with Crippen molar-refractivity contribution >= 4 is 43.5 Å². The van der Waals surface area contributed by atoms with Crippen molar-refractivity contribution in [2.24, 2.45) is 0 Å². The van der Waals surface area contributed by atoms with Gasteiger partial charge in [0, 0.05) is 5.02 Å². The van der Waals surface area contributed by atoms with E-state index in [1.165, 1.54) is 6.07 Å². The lowest BCUT2D eigenvalue weighted by Crippen LogP contribution is -1.93. The molecule has 0 amide bonds. The molecule has 1 atom stereocenters. The number of hydrogen-bond acceptors (Lipinski definition) is 0. The minimum absolute atomic E-state index is 0.00176. The van der Waals surface area contributed by atoms with Crippen LogP contribution in [0.15, 0.2) is 46.9 Å². The number of benzene rings is 2. The van der Waals surface area contributed by atoms with E-state index < -0.39 is 0 Å². The summed E-state index contributed by atoms with van der Waals surface area (Å²) in [5.41, 5.74) is 2.01. The maximum Gasteiger partial charge on any atom is 0.137 e. The van der Waals surface area contributed by atoms with Crippen molar-refractivity contribution in [1.82, 2.24) is 0 Å². The summed E-state index contributed by atoms with van der Waals surface area (Å²) in [5.74, 6) is -0.264. The van der Waals surface area contributed by atoms with Gasteiger partial charge in [-0.15, -0.1) is 0 Å². The van der Waals surface area contributed by atoms with Gasteiger partial charge >= 0.3 is 0 Å². The smallest absolute Gasteiger partial charge is 0.137 e. The maximum absolute atomic E-state index is 13.1. The average molecular weight is 378 g/mol. The van der Waals surface area contributed by atoms with Crippen molar-refractivity contribution in [3.63, 3.8) is 0 Å². The lowest BCUT2D eigenvalue weighted by Gasteiger charge is -2.11. The Labute approximate surface area is 121 Å². The minimum Gasteiger partial charge on any atom is -0.206 e. The van der Waals surface area contributed by atoms with Crippen LogP contribution in [0.1, 0.15) is 16.0 Å². The molecule has 4 heteroatoms. The van der Waals surface area contributed by atoms with Crippen molar-refractivity contribution in [1.29, 1.82) is 0 Å². The van der Waals surface area contributed by atoms with Crippen LogP contribution in [0.5, 0.6) is 0 Å². The quantitative estimate of drug-likeness (QED) is 0.586. The summed E-state index contributed by atoms with van der Waals surface area (Å²) < 4.78 is 13.6. The number of halogens is 4. The van der Waals surface area contributed by atoms with Crippen LogP contribution in [0.25, 0.3) is 0 Å².